The van der Waals surface area contributed by atoms with Gasteiger partial charge < -0.3 is 10.3 Å². The lowest BCUT2D eigenvalue weighted by molar-refractivity contribution is 0.532. The number of nitrogens with zero attached hydrogens (tertiary/aromatic N) is 3. The summed E-state index contributed by atoms with van der Waals surface area (Å²) in [6, 6.07) is 0.304. The van der Waals surface area contributed by atoms with Gasteiger partial charge in [0.15, 0.2) is 0 Å². The van der Waals surface area contributed by atoms with Gasteiger partial charge in [0, 0.05) is 19.0 Å². The summed E-state index contributed by atoms with van der Waals surface area (Å²) in [7, 11) is 2.02. The molecule has 4 heteroatoms. The predicted molar refractivity (Wildman–Crippen MR) is 61.7 cm³/mol. The predicted octanol–water partition coefficient (Wildman–Crippen LogP) is 1.74. The molecule has 0 radical (unpaired) electrons. The molecule has 0 aliphatic carbocycles. The highest BCUT2D eigenvalue weighted by molar-refractivity contribution is 4.98. The third-order valence-electron chi connectivity index (χ3n) is 2.86. The fraction of sp³-hybridized carbons (Fsp3) is 0.818. The first-order chi connectivity index (χ1) is 7.02. The van der Waals surface area contributed by atoms with E-state index in [1.807, 2.05) is 14.0 Å². The number of hydrogen-bond acceptors (Lipinski definition) is 3. The molecule has 0 amide bonds. The molecule has 0 aliphatic rings. The summed E-state index contributed by atoms with van der Waals surface area (Å²) in [4.78, 5) is 0. The Morgan fingerprint density at radius 3 is 2.40 bits per heavy atom. The summed E-state index contributed by atoms with van der Waals surface area (Å²) in [6.07, 6.45) is 3.37. The summed E-state index contributed by atoms with van der Waals surface area (Å²) in [5.41, 5.74) is 5.72. The molecule has 0 spiro atoms. The summed E-state index contributed by atoms with van der Waals surface area (Å²) in [5.74, 6) is 2.52. The standard InChI is InChI=1S/C11H22N4/c1-8(6-5-7-9(2)12)11-14-13-10(3)15(11)4/h8-9H,5-7,12H2,1-4H3. The van der Waals surface area contributed by atoms with Crippen molar-refractivity contribution in [3.63, 3.8) is 0 Å². The number of rotatable bonds is 5. The number of aryl methyl sites for hydroxylation is 1. The van der Waals surface area contributed by atoms with Gasteiger partial charge in [-0.3, -0.25) is 0 Å². The van der Waals surface area contributed by atoms with Crippen LogP contribution >= 0.6 is 0 Å². The highest BCUT2D eigenvalue weighted by atomic mass is 15.3. The molecule has 0 aromatic carbocycles. The molecule has 0 aliphatic heterocycles. The molecule has 0 bridgehead atoms. The van der Waals surface area contributed by atoms with E-state index in [1.54, 1.807) is 0 Å². The minimum absolute atomic E-state index is 0.304. The maximum absolute atomic E-state index is 5.72. The van der Waals surface area contributed by atoms with E-state index in [0.717, 1.165) is 30.9 Å². The van der Waals surface area contributed by atoms with Gasteiger partial charge in [0.25, 0.3) is 0 Å². The molecule has 1 heterocycles. The van der Waals surface area contributed by atoms with Crippen LogP contribution in [0.4, 0.5) is 0 Å². The molecule has 1 aromatic heterocycles. The fourth-order valence-electron chi connectivity index (χ4n) is 1.73. The zero-order chi connectivity index (χ0) is 11.4. The van der Waals surface area contributed by atoms with Crippen molar-refractivity contribution in [3.8, 4) is 0 Å². The van der Waals surface area contributed by atoms with Crippen LogP contribution in [0.25, 0.3) is 0 Å². The summed E-state index contributed by atoms with van der Waals surface area (Å²) >= 11 is 0. The van der Waals surface area contributed by atoms with Gasteiger partial charge in [-0.1, -0.05) is 13.3 Å². The molecular weight excluding hydrogens is 188 g/mol. The van der Waals surface area contributed by atoms with Crippen molar-refractivity contribution in [2.75, 3.05) is 0 Å². The highest BCUT2D eigenvalue weighted by Crippen LogP contribution is 2.19. The van der Waals surface area contributed by atoms with Crippen molar-refractivity contribution in [1.82, 2.24) is 14.8 Å². The smallest absolute Gasteiger partial charge is 0.135 e. The van der Waals surface area contributed by atoms with Crippen molar-refractivity contribution >= 4 is 0 Å². The lowest BCUT2D eigenvalue weighted by Gasteiger charge is -2.11. The minimum Gasteiger partial charge on any atom is -0.328 e. The molecule has 86 valence electrons. The second kappa shape index (κ2) is 5.26. The van der Waals surface area contributed by atoms with Crippen molar-refractivity contribution in [3.05, 3.63) is 11.6 Å². The fourth-order valence-corrected chi connectivity index (χ4v) is 1.73. The van der Waals surface area contributed by atoms with Crippen molar-refractivity contribution in [1.29, 1.82) is 0 Å². The molecule has 4 nitrogen and oxygen atoms in total. The highest BCUT2D eigenvalue weighted by Gasteiger charge is 2.13. The van der Waals surface area contributed by atoms with E-state index >= 15 is 0 Å². The monoisotopic (exact) mass is 210 g/mol. The molecule has 2 N–H and O–H groups in total. The van der Waals surface area contributed by atoms with Crippen LogP contribution in [0, 0.1) is 6.92 Å². The molecule has 2 unspecified atom stereocenters. The Morgan fingerprint density at radius 1 is 1.27 bits per heavy atom. The van der Waals surface area contributed by atoms with Gasteiger partial charge in [-0.25, -0.2) is 0 Å². The lowest BCUT2D eigenvalue weighted by Crippen LogP contribution is -2.14. The van der Waals surface area contributed by atoms with E-state index in [4.69, 9.17) is 5.73 Å². The molecular formula is C11H22N4. The van der Waals surface area contributed by atoms with Crippen molar-refractivity contribution in [2.45, 2.75) is 52.0 Å². The first kappa shape index (κ1) is 12.2. The van der Waals surface area contributed by atoms with Crippen LogP contribution in [0.5, 0.6) is 0 Å². The summed E-state index contributed by atoms with van der Waals surface area (Å²) in [6.45, 7) is 6.23. The average Bonchev–Trinajstić information content (AvgIpc) is 2.47. The number of aromatic nitrogens is 3. The second-order valence-electron chi connectivity index (χ2n) is 4.47. The van der Waals surface area contributed by atoms with E-state index in [2.05, 4.69) is 28.6 Å². The molecule has 2 atom stereocenters. The zero-order valence-corrected chi connectivity index (χ0v) is 10.2. The van der Waals surface area contributed by atoms with E-state index in [-0.39, 0.29) is 0 Å². The lowest BCUT2D eigenvalue weighted by atomic mass is 10.0. The maximum atomic E-state index is 5.72. The third kappa shape index (κ3) is 3.30. The van der Waals surface area contributed by atoms with Gasteiger partial charge in [0.1, 0.15) is 11.6 Å². The molecule has 1 aromatic rings. The van der Waals surface area contributed by atoms with Gasteiger partial charge in [0.2, 0.25) is 0 Å². The van der Waals surface area contributed by atoms with Crippen LogP contribution in [-0.2, 0) is 7.05 Å². The quantitative estimate of drug-likeness (QED) is 0.805. The zero-order valence-electron chi connectivity index (χ0n) is 10.2. The van der Waals surface area contributed by atoms with Crippen LogP contribution in [0.1, 0.15) is 50.7 Å². The normalized spacial score (nSPS) is 15.3. The van der Waals surface area contributed by atoms with E-state index < -0.39 is 0 Å². The first-order valence-electron chi connectivity index (χ1n) is 5.63. The molecule has 0 saturated heterocycles. The van der Waals surface area contributed by atoms with Crippen molar-refractivity contribution in [2.24, 2.45) is 12.8 Å². The first-order valence-corrected chi connectivity index (χ1v) is 5.63. The molecule has 0 fully saturated rings. The molecule has 0 saturated carbocycles. The Kier molecular flexibility index (Phi) is 4.27. The Balaban J connectivity index is 2.47. The average molecular weight is 210 g/mol. The van der Waals surface area contributed by atoms with E-state index in [0.29, 0.717) is 12.0 Å². The minimum atomic E-state index is 0.304. The summed E-state index contributed by atoms with van der Waals surface area (Å²) < 4.78 is 2.07. The summed E-state index contributed by atoms with van der Waals surface area (Å²) in [5, 5.41) is 8.26. The SMILES string of the molecule is Cc1nnc(C(C)CCCC(C)N)n1C. The van der Waals surface area contributed by atoms with Crippen molar-refractivity contribution < 1.29 is 0 Å². The Morgan fingerprint density at radius 2 is 1.93 bits per heavy atom. The number of nitrogens with two attached hydrogens (primary N) is 1. The van der Waals surface area contributed by atoms with E-state index in [9.17, 15) is 0 Å². The Hall–Kier alpha value is -0.900. The van der Waals surface area contributed by atoms with Gasteiger partial charge in [0.05, 0.1) is 0 Å². The van der Waals surface area contributed by atoms with Gasteiger partial charge >= 0.3 is 0 Å². The van der Waals surface area contributed by atoms with E-state index in [1.165, 1.54) is 0 Å². The molecule has 1 rings (SSSR count). The van der Waals surface area contributed by atoms with Gasteiger partial charge in [-0.05, 0) is 26.7 Å². The maximum Gasteiger partial charge on any atom is 0.135 e. The van der Waals surface area contributed by atoms with Crippen LogP contribution in [0.15, 0.2) is 0 Å². The van der Waals surface area contributed by atoms with Gasteiger partial charge in [-0.2, -0.15) is 0 Å². The van der Waals surface area contributed by atoms with Crippen LogP contribution in [-0.4, -0.2) is 20.8 Å². The Bertz CT molecular complexity index is 304. The van der Waals surface area contributed by atoms with Crippen LogP contribution < -0.4 is 5.73 Å². The largest absolute Gasteiger partial charge is 0.328 e. The third-order valence-corrected chi connectivity index (χ3v) is 2.86. The van der Waals surface area contributed by atoms with Gasteiger partial charge in [-0.15, -0.1) is 10.2 Å². The molecule has 15 heavy (non-hydrogen) atoms. The topological polar surface area (TPSA) is 56.7 Å². The Labute approximate surface area is 91.9 Å². The second-order valence-corrected chi connectivity index (χ2v) is 4.47. The number of hydrogen-bond donors (Lipinski definition) is 1. The van der Waals surface area contributed by atoms with Crippen LogP contribution in [0.2, 0.25) is 0 Å². The van der Waals surface area contributed by atoms with Crippen LogP contribution in [0.3, 0.4) is 0 Å².